The van der Waals surface area contributed by atoms with Crippen LogP contribution in [0.1, 0.15) is 43.5 Å². The molecule has 1 saturated carbocycles. The van der Waals surface area contributed by atoms with Gasteiger partial charge in [0.15, 0.2) is 0 Å². The number of carbonyl (C=O) groups is 1. The van der Waals surface area contributed by atoms with Gasteiger partial charge in [0.2, 0.25) is 0 Å². The van der Waals surface area contributed by atoms with Crippen molar-refractivity contribution in [2.24, 2.45) is 11.8 Å². The van der Waals surface area contributed by atoms with Gasteiger partial charge in [0, 0.05) is 13.1 Å². The van der Waals surface area contributed by atoms with E-state index in [1.165, 1.54) is 12.5 Å². The van der Waals surface area contributed by atoms with E-state index in [1.54, 1.807) is 0 Å². The molecule has 0 saturated heterocycles. The summed E-state index contributed by atoms with van der Waals surface area (Å²) in [6.07, 6.45) is 4.66. The Morgan fingerprint density at radius 2 is 2.30 bits per heavy atom. The van der Waals surface area contributed by atoms with E-state index in [1.807, 2.05) is 6.92 Å². The van der Waals surface area contributed by atoms with Crippen LogP contribution in [0.4, 0.5) is 10.2 Å². The largest absolute Gasteiger partial charge is 0.370 e. The summed E-state index contributed by atoms with van der Waals surface area (Å²) in [5, 5.41) is 5.88. The third-order valence-electron chi connectivity index (χ3n) is 3.80. The van der Waals surface area contributed by atoms with Crippen LogP contribution in [0.15, 0.2) is 12.3 Å². The van der Waals surface area contributed by atoms with Gasteiger partial charge in [-0.1, -0.05) is 13.3 Å². The van der Waals surface area contributed by atoms with Crippen LogP contribution in [0.25, 0.3) is 0 Å². The highest BCUT2D eigenvalue weighted by atomic mass is 19.1. The van der Waals surface area contributed by atoms with Crippen LogP contribution in [0.5, 0.6) is 0 Å². The lowest BCUT2D eigenvalue weighted by atomic mass is 10.1. The van der Waals surface area contributed by atoms with Gasteiger partial charge in [-0.25, -0.2) is 9.37 Å². The number of rotatable bonds is 5. The Bertz CT molecular complexity index is 478. The average Bonchev–Trinajstić information content (AvgIpc) is 2.84. The summed E-state index contributed by atoms with van der Waals surface area (Å²) in [5.41, 5.74) is 0.276. The molecular formula is C15H22FN3O. The van der Waals surface area contributed by atoms with Crippen molar-refractivity contribution in [3.8, 4) is 0 Å². The molecule has 0 aromatic carbocycles. The Morgan fingerprint density at radius 1 is 1.50 bits per heavy atom. The first-order valence-corrected chi connectivity index (χ1v) is 7.27. The predicted octanol–water partition coefficient (Wildman–Crippen LogP) is 2.82. The summed E-state index contributed by atoms with van der Waals surface area (Å²) in [5.74, 6) is 0.966. The molecule has 0 bridgehead atoms. The average molecular weight is 279 g/mol. The highest BCUT2D eigenvalue weighted by Crippen LogP contribution is 2.29. The van der Waals surface area contributed by atoms with E-state index in [-0.39, 0.29) is 11.5 Å². The van der Waals surface area contributed by atoms with Crippen molar-refractivity contribution in [2.75, 3.05) is 18.4 Å². The fraction of sp³-hybridized carbons (Fsp3) is 0.600. The third-order valence-corrected chi connectivity index (χ3v) is 3.80. The molecule has 1 aromatic rings. The zero-order valence-corrected chi connectivity index (χ0v) is 12.1. The minimum absolute atomic E-state index is 0.257. The summed E-state index contributed by atoms with van der Waals surface area (Å²) < 4.78 is 13.3. The number of hydrogen-bond donors (Lipinski definition) is 2. The Labute approximate surface area is 119 Å². The van der Waals surface area contributed by atoms with Gasteiger partial charge in [-0.05, 0) is 37.7 Å². The van der Waals surface area contributed by atoms with Gasteiger partial charge in [0.25, 0.3) is 5.91 Å². The quantitative estimate of drug-likeness (QED) is 0.871. The van der Waals surface area contributed by atoms with E-state index in [2.05, 4.69) is 22.5 Å². The number of carbonyl (C=O) groups excluding carboxylic acids is 1. The lowest BCUT2D eigenvalue weighted by Crippen LogP contribution is -2.29. The summed E-state index contributed by atoms with van der Waals surface area (Å²) in [7, 11) is 0. The van der Waals surface area contributed by atoms with E-state index >= 15 is 0 Å². The minimum atomic E-state index is -0.494. The number of pyridine rings is 1. The molecule has 2 N–H and O–H groups in total. The van der Waals surface area contributed by atoms with Crippen LogP contribution in [0.2, 0.25) is 0 Å². The van der Waals surface area contributed by atoms with Gasteiger partial charge in [0.1, 0.15) is 11.6 Å². The summed E-state index contributed by atoms with van der Waals surface area (Å²) in [4.78, 5) is 16.1. The fourth-order valence-electron chi connectivity index (χ4n) is 2.76. The third kappa shape index (κ3) is 3.68. The zero-order valence-electron chi connectivity index (χ0n) is 12.1. The van der Waals surface area contributed by atoms with Crippen molar-refractivity contribution >= 4 is 11.7 Å². The van der Waals surface area contributed by atoms with Crippen molar-refractivity contribution in [1.82, 2.24) is 10.3 Å². The molecule has 2 rings (SSSR count). The summed E-state index contributed by atoms with van der Waals surface area (Å²) >= 11 is 0. The number of aromatic nitrogens is 1. The monoisotopic (exact) mass is 279 g/mol. The molecule has 2 unspecified atom stereocenters. The molecule has 1 heterocycles. The van der Waals surface area contributed by atoms with Gasteiger partial charge in [-0.3, -0.25) is 4.79 Å². The molecule has 0 aliphatic heterocycles. The Morgan fingerprint density at radius 3 is 2.95 bits per heavy atom. The fourth-order valence-corrected chi connectivity index (χ4v) is 2.76. The predicted molar refractivity (Wildman–Crippen MR) is 77.2 cm³/mol. The van der Waals surface area contributed by atoms with Gasteiger partial charge in [-0.15, -0.1) is 0 Å². The highest BCUT2D eigenvalue weighted by Gasteiger charge is 2.22. The second-order valence-corrected chi connectivity index (χ2v) is 5.57. The van der Waals surface area contributed by atoms with Gasteiger partial charge in [0.05, 0.1) is 11.8 Å². The number of halogens is 1. The smallest absolute Gasteiger partial charge is 0.255 e. The molecule has 1 fully saturated rings. The first-order chi connectivity index (χ1) is 9.60. The first kappa shape index (κ1) is 14.8. The lowest BCUT2D eigenvalue weighted by molar-refractivity contribution is 0.0947. The van der Waals surface area contributed by atoms with Gasteiger partial charge >= 0.3 is 0 Å². The second kappa shape index (κ2) is 6.68. The van der Waals surface area contributed by atoms with E-state index in [9.17, 15) is 9.18 Å². The molecule has 4 nitrogen and oxygen atoms in total. The van der Waals surface area contributed by atoms with Crippen LogP contribution in [0, 0.1) is 17.7 Å². The maximum absolute atomic E-state index is 13.3. The molecule has 5 heteroatoms. The van der Waals surface area contributed by atoms with Crippen LogP contribution in [-0.2, 0) is 0 Å². The lowest BCUT2D eigenvalue weighted by Gasteiger charge is -2.13. The van der Waals surface area contributed by atoms with Crippen LogP contribution >= 0.6 is 0 Å². The topological polar surface area (TPSA) is 54.0 Å². The maximum atomic E-state index is 13.3. The number of amides is 1. The van der Waals surface area contributed by atoms with E-state index in [4.69, 9.17) is 0 Å². The molecule has 1 amide bonds. The number of nitrogens with zero attached hydrogens (tertiary/aromatic N) is 1. The van der Waals surface area contributed by atoms with Crippen molar-refractivity contribution in [1.29, 1.82) is 0 Å². The van der Waals surface area contributed by atoms with E-state index in [0.29, 0.717) is 24.8 Å². The summed E-state index contributed by atoms with van der Waals surface area (Å²) in [6, 6.07) is 1.23. The number of anilines is 1. The molecule has 20 heavy (non-hydrogen) atoms. The first-order valence-electron chi connectivity index (χ1n) is 7.27. The van der Waals surface area contributed by atoms with Crippen molar-refractivity contribution < 1.29 is 9.18 Å². The Hall–Kier alpha value is -1.65. The van der Waals surface area contributed by atoms with Gasteiger partial charge in [-0.2, -0.15) is 0 Å². The summed E-state index contributed by atoms with van der Waals surface area (Å²) in [6.45, 7) is 5.44. The SMILES string of the molecule is CCNc1ncc(F)cc1C(=O)NCC1CCC(C)C1. The van der Waals surface area contributed by atoms with Crippen LogP contribution in [0.3, 0.4) is 0 Å². The maximum Gasteiger partial charge on any atom is 0.255 e. The number of nitrogens with one attached hydrogen (secondary N) is 2. The number of hydrogen-bond acceptors (Lipinski definition) is 3. The van der Waals surface area contributed by atoms with Gasteiger partial charge < -0.3 is 10.6 Å². The van der Waals surface area contributed by atoms with Crippen molar-refractivity contribution in [2.45, 2.75) is 33.1 Å². The zero-order chi connectivity index (χ0) is 14.5. The molecule has 110 valence electrons. The van der Waals surface area contributed by atoms with Crippen molar-refractivity contribution in [3.63, 3.8) is 0 Å². The van der Waals surface area contributed by atoms with Crippen LogP contribution in [-0.4, -0.2) is 24.0 Å². The molecule has 1 aromatic heterocycles. The molecule has 1 aliphatic carbocycles. The molecule has 0 radical (unpaired) electrons. The molecule has 1 aliphatic rings. The van der Waals surface area contributed by atoms with E-state index < -0.39 is 5.82 Å². The molecule has 2 atom stereocenters. The Kier molecular flexibility index (Phi) is 4.93. The minimum Gasteiger partial charge on any atom is -0.370 e. The normalized spacial score (nSPS) is 21.8. The second-order valence-electron chi connectivity index (χ2n) is 5.57. The molecule has 0 spiro atoms. The van der Waals surface area contributed by atoms with Crippen molar-refractivity contribution in [3.05, 3.63) is 23.6 Å². The molecular weight excluding hydrogens is 257 g/mol. The highest BCUT2D eigenvalue weighted by molar-refractivity contribution is 5.98. The van der Waals surface area contributed by atoms with Crippen LogP contribution < -0.4 is 10.6 Å². The Balaban J connectivity index is 1.99. The van der Waals surface area contributed by atoms with E-state index in [0.717, 1.165) is 25.0 Å². The standard InChI is InChI=1S/C15H22FN3O/c1-3-17-14-13(7-12(16)9-18-14)15(20)19-8-11-5-4-10(2)6-11/h7,9-11H,3-6,8H2,1-2H3,(H,17,18)(H,19,20).